The van der Waals surface area contributed by atoms with Gasteiger partial charge in [0.25, 0.3) is 5.91 Å². The van der Waals surface area contributed by atoms with E-state index in [4.69, 9.17) is 0 Å². The van der Waals surface area contributed by atoms with Crippen LogP contribution in [0.3, 0.4) is 0 Å². The van der Waals surface area contributed by atoms with Gasteiger partial charge in [-0.3, -0.25) is 9.89 Å². The van der Waals surface area contributed by atoms with Gasteiger partial charge in [-0.25, -0.2) is 4.39 Å². The Labute approximate surface area is 138 Å². The van der Waals surface area contributed by atoms with Crippen molar-refractivity contribution >= 4 is 29.0 Å². The average Bonchev–Trinajstić information content (AvgIpc) is 3.31. The molecule has 1 aliphatic rings. The first-order chi connectivity index (χ1) is 11.7. The lowest BCUT2D eigenvalue weighted by Crippen LogP contribution is -2.25. The molecule has 5 heteroatoms. The molecule has 1 amide bonds. The summed E-state index contributed by atoms with van der Waals surface area (Å²) in [7, 11) is 0. The zero-order valence-electron chi connectivity index (χ0n) is 12.9. The zero-order valence-corrected chi connectivity index (χ0v) is 12.9. The van der Waals surface area contributed by atoms with Crippen LogP contribution in [-0.2, 0) is 0 Å². The number of aromatic nitrogens is 2. The molecule has 1 heterocycles. The molecule has 2 aromatic carbocycles. The number of benzene rings is 2. The first kappa shape index (κ1) is 14.6. The maximum Gasteiger partial charge on any atom is 0.251 e. The molecule has 2 N–H and O–H groups in total. The minimum Gasteiger partial charge on any atom is -0.349 e. The summed E-state index contributed by atoms with van der Waals surface area (Å²) in [6.45, 7) is 0. The van der Waals surface area contributed by atoms with E-state index in [2.05, 4.69) is 15.5 Å². The molecule has 0 bridgehead atoms. The highest BCUT2D eigenvalue weighted by Gasteiger charge is 2.24. The van der Waals surface area contributed by atoms with E-state index in [-0.39, 0.29) is 11.9 Å². The van der Waals surface area contributed by atoms with Gasteiger partial charge in [-0.2, -0.15) is 5.10 Å². The van der Waals surface area contributed by atoms with Gasteiger partial charge in [0.2, 0.25) is 0 Å². The minimum absolute atomic E-state index is 0.234. The lowest BCUT2D eigenvalue weighted by atomic mass is 10.1. The number of hydrogen-bond acceptors (Lipinski definition) is 2. The number of aromatic amines is 1. The van der Waals surface area contributed by atoms with Crippen LogP contribution in [0.4, 0.5) is 4.39 Å². The molecule has 1 aromatic heterocycles. The highest BCUT2D eigenvalue weighted by atomic mass is 19.1. The van der Waals surface area contributed by atoms with Gasteiger partial charge in [0, 0.05) is 17.0 Å². The lowest BCUT2D eigenvalue weighted by molar-refractivity contribution is 0.0951. The molecule has 4 rings (SSSR count). The summed E-state index contributed by atoms with van der Waals surface area (Å²) >= 11 is 0. The molecule has 120 valence electrons. The summed E-state index contributed by atoms with van der Waals surface area (Å²) < 4.78 is 14.3. The van der Waals surface area contributed by atoms with Crippen molar-refractivity contribution in [3.05, 3.63) is 65.1 Å². The Morgan fingerprint density at radius 1 is 1.21 bits per heavy atom. The summed E-state index contributed by atoms with van der Waals surface area (Å²) in [4.78, 5) is 12.2. The fourth-order valence-electron chi connectivity index (χ4n) is 2.59. The van der Waals surface area contributed by atoms with Crippen LogP contribution in [0.1, 0.15) is 34.5 Å². The number of carbonyl (C=O) groups is 1. The fraction of sp³-hybridized carbons (Fsp3) is 0.158. The second kappa shape index (κ2) is 5.92. The van der Waals surface area contributed by atoms with Crippen molar-refractivity contribution in [3.8, 4) is 0 Å². The van der Waals surface area contributed by atoms with Crippen LogP contribution in [0, 0.1) is 5.82 Å². The highest BCUT2D eigenvalue weighted by molar-refractivity contribution is 6.00. The number of fused-ring (bicyclic) bond motifs is 1. The van der Waals surface area contributed by atoms with Gasteiger partial charge < -0.3 is 5.32 Å². The molecule has 1 saturated carbocycles. The quantitative estimate of drug-likeness (QED) is 0.768. The molecule has 1 aliphatic carbocycles. The van der Waals surface area contributed by atoms with Crippen molar-refractivity contribution in [2.24, 2.45) is 0 Å². The van der Waals surface area contributed by atoms with Gasteiger partial charge in [-0.1, -0.05) is 36.4 Å². The van der Waals surface area contributed by atoms with Crippen molar-refractivity contribution in [2.45, 2.75) is 18.9 Å². The molecule has 0 radical (unpaired) electrons. The largest absolute Gasteiger partial charge is 0.349 e. The summed E-state index contributed by atoms with van der Waals surface area (Å²) in [5.74, 6) is -0.710. The highest BCUT2D eigenvalue weighted by Crippen LogP contribution is 2.24. The van der Waals surface area contributed by atoms with E-state index in [1.54, 1.807) is 6.07 Å². The summed E-state index contributed by atoms with van der Waals surface area (Å²) in [5.41, 5.74) is 2.26. The van der Waals surface area contributed by atoms with Gasteiger partial charge in [0.15, 0.2) is 0 Å². The monoisotopic (exact) mass is 321 g/mol. The number of halogens is 1. The van der Waals surface area contributed by atoms with Crippen LogP contribution in [0.25, 0.3) is 23.1 Å². The lowest BCUT2D eigenvalue weighted by Gasteiger charge is -2.04. The number of carbonyl (C=O) groups excluding carboxylic acids is 1. The molecular weight excluding hydrogens is 305 g/mol. The van der Waals surface area contributed by atoms with E-state index in [0.29, 0.717) is 22.2 Å². The number of amides is 1. The smallest absolute Gasteiger partial charge is 0.251 e. The number of rotatable bonds is 4. The molecule has 0 saturated heterocycles. The molecular formula is C19H16FN3O. The first-order valence-corrected chi connectivity index (χ1v) is 7.92. The number of hydrogen-bond donors (Lipinski definition) is 2. The second-order valence-electron chi connectivity index (χ2n) is 5.98. The Morgan fingerprint density at radius 2 is 2.00 bits per heavy atom. The van der Waals surface area contributed by atoms with E-state index in [1.807, 2.05) is 42.5 Å². The van der Waals surface area contributed by atoms with Crippen molar-refractivity contribution in [1.82, 2.24) is 15.5 Å². The SMILES string of the molecule is O=C(NC1CC1)c1cc(F)c2[nH]nc(/C=C/c3ccccc3)c2c1. The molecule has 4 nitrogen and oxygen atoms in total. The summed E-state index contributed by atoms with van der Waals surface area (Å²) in [6, 6.07) is 13.0. The summed E-state index contributed by atoms with van der Waals surface area (Å²) in [6.07, 6.45) is 5.71. The number of H-pyrrole nitrogens is 1. The van der Waals surface area contributed by atoms with Crippen LogP contribution >= 0.6 is 0 Å². The molecule has 0 atom stereocenters. The van der Waals surface area contributed by atoms with E-state index in [0.717, 1.165) is 18.4 Å². The topological polar surface area (TPSA) is 57.8 Å². The predicted octanol–water partition coefficient (Wildman–Crippen LogP) is 3.76. The van der Waals surface area contributed by atoms with E-state index >= 15 is 0 Å². The third-order valence-electron chi connectivity index (χ3n) is 4.06. The van der Waals surface area contributed by atoms with Crippen LogP contribution in [0.15, 0.2) is 42.5 Å². The first-order valence-electron chi connectivity index (χ1n) is 7.92. The Bertz CT molecular complexity index is 926. The van der Waals surface area contributed by atoms with E-state index < -0.39 is 5.82 Å². The van der Waals surface area contributed by atoms with E-state index in [9.17, 15) is 9.18 Å². The third kappa shape index (κ3) is 2.93. The van der Waals surface area contributed by atoms with Crippen molar-refractivity contribution in [2.75, 3.05) is 0 Å². The van der Waals surface area contributed by atoms with Crippen molar-refractivity contribution in [1.29, 1.82) is 0 Å². The van der Waals surface area contributed by atoms with Crippen LogP contribution < -0.4 is 5.32 Å². The second-order valence-corrected chi connectivity index (χ2v) is 5.98. The molecule has 0 unspecified atom stereocenters. The maximum atomic E-state index is 14.3. The van der Waals surface area contributed by atoms with Crippen molar-refractivity contribution in [3.63, 3.8) is 0 Å². The van der Waals surface area contributed by atoms with Gasteiger partial charge in [0.05, 0.1) is 5.69 Å². The molecule has 24 heavy (non-hydrogen) atoms. The predicted molar refractivity (Wildman–Crippen MR) is 91.9 cm³/mol. The fourth-order valence-corrected chi connectivity index (χ4v) is 2.59. The average molecular weight is 321 g/mol. The summed E-state index contributed by atoms with van der Waals surface area (Å²) in [5, 5.41) is 10.3. The van der Waals surface area contributed by atoms with Gasteiger partial charge >= 0.3 is 0 Å². The van der Waals surface area contributed by atoms with Crippen molar-refractivity contribution < 1.29 is 9.18 Å². The number of nitrogens with zero attached hydrogens (tertiary/aromatic N) is 1. The molecule has 0 aliphatic heterocycles. The van der Waals surface area contributed by atoms with Crippen LogP contribution in [-0.4, -0.2) is 22.1 Å². The van der Waals surface area contributed by atoms with Gasteiger partial charge in [-0.05, 0) is 36.6 Å². The maximum absolute atomic E-state index is 14.3. The molecule has 0 spiro atoms. The minimum atomic E-state index is -0.472. The Balaban J connectivity index is 1.69. The molecule has 1 fully saturated rings. The molecule has 3 aromatic rings. The Hall–Kier alpha value is -2.95. The van der Waals surface area contributed by atoms with Gasteiger partial charge in [-0.15, -0.1) is 0 Å². The van der Waals surface area contributed by atoms with Crippen LogP contribution in [0.5, 0.6) is 0 Å². The normalized spacial score (nSPS) is 14.4. The van der Waals surface area contributed by atoms with Crippen LogP contribution in [0.2, 0.25) is 0 Å². The Kier molecular flexibility index (Phi) is 3.61. The van der Waals surface area contributed by atoms with E-state index in [1.165, 1.54) is 6.07 Å². The zero-order chi connectivity index (χ0) is 16.5. The number of nitrogens with one attached hydrogen (secondary N) is 2. The Morgan fingerprint density at radius 3 is 2.75 bits per heavy atom. The standard InChI is InChI=1S/C19H16FN3O/c20-16-11-13(19(24)21-14-7-8-14)10-15-17(22-23-18(15)16)9-6-12-4-2-1-3-5-12/h1-6,9-11,14H,7-8H2,(H,21,24)(H,22,23)/b9-6+. The van der Waals surface area contributed by atoms with Gasteiger partial charge in [0.1, 0.15) is 11.3 Å². The third-order valence-corrected chi connectivity index (χ3v) is 4.06.